The maximum atomic E-state index is 11.7. The monoisotopic (exact) mass is 316 g/mol. The van der Waals surface area contributed by atoms with Crippen LogP contribution in [0, 0.1) is 11.8 Å². The van der Waals surface area contributed by atoms with Crippen LogP contribution in [0.1, 0.15) is 58.3 Å². The first-order valence-electron chi connectivity index (χ1n) is 8.69. The molecule has 0 spiro atoms. The summed E-state index contributed by atoms with van der Waals surface area (Å²) >= 11 is 0. The van der Waals surface area contributed by atoms with Crippen molar-refractivity contribution in [3.63, 3.8) is 0 Å². The standard InChI is InChI=1S/C16H32N2O2S/c1-3-17-16(15-8-4-5-9-15)11-10-14-7-6-12-18(13-14)21(2,19)20/h14-17H,3-13H2,1-2H3. The van der Waals surface area contributed by atoms with Gasteiger partial charge in [-0.1, -0.05) is 19.8 Å². The molecule has 5 heteroatoms. The molecule has 0 aromatic rings. The van der Waals surface area contributed by atoms with Gasteiger partial charge in [0.1, 0.15) is 0 Å². The molecule has 0 bridgehead atoms. The summed E-state index contributed by atoms with van der Waals surface area (Å²) < 4.78 is 25.1. The van der Waals surface area contributed by atoms with Crippen LogP contribution in [0.25, 0.3) is 0 Å². The lowest BCUT2D eigenvalue weighted by atomic mass is 9.88. The molecule has 1 saturated carbocycles. The van der Waals surface area contributed by atoms with E-state index in [-0.39, 0.29) is 0 Å². The van der Waals surface area contributed by atoms with Gasteiger partial charge in [0.15, 0.2) is 0 Å². The van der Waals surface area contributed by atoms with Crippen LogP contribution in [0.4, 0.5) is 0 Å². The van der Waals surface area contributed by atoms with Crippen molar-refractivity contribution in [1.29, 1.82) is 0 Å². The highest BCUT2D eigenvalue weighted by atomic mass is 32.2. The van der Waals surface area contributed by atoms with Gasteiger partial charge >= 0.3 is 0 Å². The number of nitrogens with zero attached hydrogens (tertiary/aromatic N) is 1. The number of piperidine rings is 1. The van der Waals surface area contributed by atoms with E-state index in [1.165, 1.54) is 51.2 Å². The molecule has 21 heavy (non-hydrogen) atoms. The molecular weight excluding hydrogens is 284 g/mol. The van der Waals surface area contributed by atoms with E-state index < -0.39 is 10.0 Å². The van der Waals surface area contributed by atoms with Crippen molar-refractivity contribution in [2.24, 2.45) is 11.8 Å². The predicted molar refractivity (Wildman–Crippen MR) is 87.8 cm³/mol. The molecule has 0 aromatic carbocycles. The molecular formula is C16H32N2O2S. The largest absolute Gasteiger partial charge is 0.314 e. The van der Waals surface area contributed by atoms with Crippen LogP contribution in [0.5, 0.6) is 0 Å². The molecule has 1 saturated heterocycles. The highest BCUT2D eigenvalue weighted by molar-refractivity contribution is 7.88. The number of hydrogen-bond acceptors (Lipinski definition) is 3. The third-order valence-corrected chi connectivity index (χ3v) is 6.54. The van der Waals surface area contributed by atoms with Gasteiger partial charge in [0.2, 0.25) is 10.0 Å². The topological polar surface area (TPSA) is 49.4 Å². The minimum Gasteiger partial charge on any atom is -0.314 e. The average molecular weight is 317 g/mol. The quantitative estimate of drug-likeness (QED) is 0.785. The first-order chi connectivity index (χ1) is 10.0. The fourth-order valence-electron chi connectivity index (χ4n) is 4.11. The molecule has 2 atom stereocenters. The van der Waals surface area contributed by atoms with Crippen molar-refractivity contribution in [2.75, 3.05) is 25.9 Å². The predicted octanol–water partition coefficient (Wildman–Crippen LogP) is 2.61. The Labute approximate surface area is 130 Å². The van der Waals surface area contributed by atoms with Gasteiger partial charge in [0.05, 0.1) is 6.26 Å². The average Bonchev–Trinajstić information content (AvgIpc) is 2.97. The van der Waals surface area contributed by atoms with Crippen LogP contribution < -0.4 is 5.32 Å². The Morgan fingerprint density at radius 3 is 2.52 bits per heavy atom. The first-order valence-corrected chi connectivity index (χ1v) is 10.5. The van der Waals surface area contributed by atoms with Crippen molar-refractivity contribution >= 4 is 10.0 Å². The lowest BCUT2D eigenvalue weighted by Crippen LogP contribution is -2.40. The zero-order valence-corrected chi connectivity index (χ0v) is 14.5. The lowest BCUT2D eigenvalue weighted by molar-refractivity contribution is 0.235. The lowest BCUT2D eigenvalue weighted by Gasteiger charge is -2.32. The smallest absolute Gasteiger partial charge is 0.211 e. The molecule has 124 valence electrons. The van der Waals surface area contributed by atoms with E-state index in [1.54, 1.807) is 4.31 Å². The van der Waals surface area contributed by atoms with E-state index in [0.29, 0.717) is 18.5 Å². The molecule has 1 aliphatic carbocycles. The zero-order chi connectivity index (χ0) is 15.3. The fourth-order valence-corrected chi connectivity index (χ4v) is 5.05. The van der Waals surface area contributed by atoms with Gasteiger partial charge in [0, 0.05) is 19.1 Å². The highest BCUT2D eigenvalue weighted by Crippen LogP contribution is 2.31. The normalized spacial score (nSPS) is 27.0. The van der Waals surface area contributed by atoms with Crippen LogP contribution >= 0.6 is 0 Å². The van der Waals surface area contributed by atoms with Crippen LogP contribution in [-0.4, -0.2) is 44.7 Å². The molecule has 2 rings (SSSR count). The van der Waals surface area contributed by atoms with Gasteiger partial charge in [-0.2, -0.15) is 0 Å². The Morgan fingerprint density at radius 2 is 1.90 bits per heavy atom. The summed E-state index contributed by atoms with van der Waals surface area (Å²) in [6, 6.07) is 0.645. The highest BCUT2D eigenvalue weighted by Gasteiger charge is 2.28. The molecule has 4 nitrogen and oxygen atoms in total. The van der Waals surface area contributed by atoms with Crippen molar-refractivity contribution < 1.29 is 8.42 Å². The van der Waals surface area contributed by atoms with Gasteiger partial charge in [-0.25, -0.2) is 12.7 Å². The zero-order valence-electron chi connectivity index (χ0n) is 13.7. The SMILES string of the molecule is CCNC(CCC1CCCN(S(C)(=O)=O)C1)C1CCCC1. The second kappa shape index (κ2) is 7.93. The number of sulfonamides is 1. The Hall–Kier alpha value is -0.130. The minimum absolute atomic E-state index is 0.552. The second-order valence-electron chi connectivity index (χ2n) is 6.92. The summed E-state index contributed by atoms with van der Waals surface area (Å²) in [6.45, 7) is 4.69. The van der Waals surface area contributed by atoms with E-state index >= 15 is 0 Å². The van der Waals surface area contributed by atoms with E-state index in [2.05, 4.69) is 12.2 Å². The van der Waals surface area contributed by atoms with Crippen molar-refractivity contribution in [3.05, 3.63) is 0 Å². The minimum atomic E-state index is -3.01. The Bertz CT molecular complexity index is 405. The molecule has 0 aromatic heterocycles. The van der Waals surface area contributed by atoms with E-state index in [4.69, 9.17) is 0 Å². The summed E-state index contributed by atoms with van der Waals surface area (Å²) in [4.78, 5) is 0. The molecule has 2 fully saturated rings. The summed E-state index contributed by atoms with van der Waals surface area (Å²) in [6.07, 6.45) is 11.4. The van der Waals surface area contributed by atoms with Crippen molar-refractivity contribution in [1.82, 2.24) is 9.62 Å². The summed E-state index contributed by atoms with van der Waals surface area (Å²) in [5, 5.41) is 3.67. The third kappa shape index (κ3) is 5.22. The van der Waals surface area contributed by atoms with Crippen LogP contribution in [0.2, 0.25) is 0 Å². The molecule has 0 amide bonds. The van der Waals surface area contributed by atoms with Crippen molar-refractivity contribution in [2.45, 2.75) is 64.3 Å². The second-order valence-corrected chi connectivity index (χ2v) is 8.90. The van der Waals surface area contributed by atoms with E-state index in [1.807, 2.05) is 0 Å². The van der Waals surface area contributed by atoms with E-state index in [9.17, 15) is 8.42 Å². The Balaban J connectivity index is 1.82. The van der Waals surface area contributed by atoms with Gasteiger partial charge in [-0.15, -0.1) is 0 Å². The fraction of sp³-hybridized carbons (Fsp3) is 1.00. The van der Waals surface area contributed by atoms with Crippen LogP contribution in [0.15, 0.2) is 0 Å². The van der Waals surface area contributed by atoms with E-state index in [0.717, 1.165) is 25.4 Å². The summed E-state index contributed by atoms with van der Waals surface area (Å²) in [5.74, 6) is 1.40. The van der Waals surface area contributed by atoms with Gasteiger partial charge in [-0.05, 0) is 56.9 Å². The van der Waals surface area contributed by atoms with Gasteiger partial charge in [-0.3, -0.25) is 0 Å². The number of nitrogens with one attached hydrogen (secondary N) is 1. The van der Waals surface area contributed by atoms with Crippen molar-refractivity contribution in [3.8, 4) is 0 Å². The summed E-state index contributed by atoms with van der Waals surface area (Å²) in [5.41, 5.74) is 0. The molecule has 0 radical (unpaired) electrons. The third-order valence-electron chi connectivity index (χ3n) is 5.27. The molecule has 1 aliphatic heterocycles. The van der Waals surface area contributed by atoms with Crippen LogP contribution in [-0.2, 0) is 10.0 Å². The van der Waals surface area contributed by atoms with Crippen LogP contribution in [0.3, 0.4) is 0 Å². The maximum absolute atomic E-state index is 11.7. The Kier molecular flexibility index (Phi) is 6.51. The number of rotatable bonds is 7. The van der Waals surface area contributed by atoms with Gasteiger partial charge in [0.25, 0.3) is 0 Å². The van der Waals surface area contributed by atoms with Gasteiger partial charge < -0.3 is 5.32 Å². The number of hydrogen-bond donors (Lipinski definition) is 1. The summed E-state index contributed by atoms with van der Waals surface area (Å²) in [7, 11) is -3.01. The Morgan fingerprint density at radius 1 is 1.19 bits per heavy atom. The molecule has 1 heterocycles. The molecule has 1 N–H and O–H groups in total. The molecule has 2 aliphatic rings. The maximum Gasteiger partial charge on any atom is 0.211 e. The molecule has 2 unspecified atom stereocenters. The first kappa shape index (κ1) is 17.2.